The van der Waals surface area contributed by atoms with Gasteiger partial charge in [0.25, 0.3) is 0 Å². The van der Waals surface area contributed by atoms with Crippen LogP contribution in [0.4, 0.5) is 0 Å². The Morgan fingerprint density at radius 2 is 1.71 bits per heavy atom. The van der Waals surface area contributed by atoms with Crippen LogP contribution in [-0.4, -0.2) is 4.98 Å². The third-order valence-electron chi connectivity index (χ3n) is 2.68. The molecule has 0 saturated carbocycles. The van der Waals surface area contributed by atoms with Crippen LogP contribution in [0.1, 0.15) is 30.0 Å². The predicted octanol–water partition coefficient (Wildman–Crippen LogP) is 3.62. The van der Waals surface area contributed by atoms with Gasteiger partial charge in [0.15, 0.2) is 0 Å². The van der Waals surface area contributed by atoms with Gasteiger partial charge in [-0.05, 0) is 27.7 Å². The highest BCUT2D eigenvalue weighted by atomic mass is 32.1. The largest absolute Gasteiger partial charge is 0.321 e. The molecule has 0 atom stereocenters. The van der Waals surface area contributed by atoms with Crippen molar-refractivity contribution in [3.05, 3.63) is 40.4 Å². The fourth-order valence-corrected chi connectivity index (χ4v) is 2.90. The minimum Gasteiger partial charge on any atom is -0.321 e. The SMILES string of the molecule is Cc1ccc(-c2nc(C)c(C(C)(C)N)s2)cc1. The van der Waals surface area contributed by atoms with Crippen LogP contribution in [0.25, 0.3) is 10.6 Å². The topological polar surface area (TPSA) is 38.9 Å². The van der Waals surface area contributed by atoms with Gasteiger partial charge < -0.3 is 5.73 Å². The molecule has 1 aromatic carbocycles. The van der Waals surface area contributed by atoms with Crippen molar-refractivity contribution in [3.63, 3.8) is 0 Å². The van der Waals surface area contributed by atoms with Crippen molar-refractivity contribution in [3.8, 4) is 10.6 Å². The van der Waals surface area contributed by atoms with Gasteiger partial charge in [-0.25, -0.2) is 4.98 Å². The molecular weight excluding hydrogens is 228 g/mol. The van der Waals surface area contributed by atoms with Gasteiger partial charge >= 0.3 is 0 Å². The third kappa shape index (κ3) is 2.56. The summed E-state index contributed by atoms with van der Waals surface area (Å²) in [5.74, 6) is 0. The number of benzene rings is 1. The second-order valence-electron chi connectivity index (χ2n) is 5.02. The minimum atomic E-state index is -0.315. The first kappa shape index (κ1) is 12.3. The molecule has 0 spiro atoms. The molecule has 0 unspecified atom stereocenters. The lowest BCUT2D eigenvalue weighted by Crippen LogP contribution is -2.28. The van der Waals surface area contributed by atoms with Gasteiger partial charge in [0.2, 0.25) is 0 Å². The smallest absolute Gasteiger partial charge is 0.123 e. The monoisotopic (exact) mass is 246 g/mol. The predicted molar refractivity (Wildman–Crippen MR) is 74.2 cm³/mol. The van der Waals surface area contributed by atoms with Gasteiger partial charge in [-0.1, -0.05) is 29.8 Å². The molecule has 90 valence electrons. The molecule has 0 saturated heterocycles. The molecule has 0 aliphatic heterocycles. The number of aryl methyl sites for hydroxylation is 2. The summed E-state index contributed by atoms with van der Waals surface area (Å²) < 4.78 is 0. The lowest BCUT2D eigenvalue weighted by atomic mass is 10.0. The summed E-state index contributed by atoms with van der Waals surface area (Å²) in [5, 5.41) is 1.05. The maximum Gasteiger partial charge on any atom is 0.123 e. The molecule has 0 aliphatic carbocycles. The molecule has 2 rings (SSSR count). The van der Waals surface area contributed by atoms with Crippen LogP contribution < -0.4 is 5.73 Å². The molecule has 0 bridgehead atoms. The van der Waals surface area contributed by atoms with E-state index in [0.717, 1.165) is 15.6 Å². The first-order chi connectivity index (χ1) is 7.88. The molecule has 3 heteroatoms. The number of thiazole rings is 1. The Morgan fingerprint density at radius 3 is 2.18 bits per heavy atom. The van der Waals surface area contributed by atoms with E-state index in [1.54, 1.807) is 11.3 Å². The van der Waals surface area contributed by atoms with Crippen molar-refractivity contribution in [1.82, 2.24) is 4.98 Å². The highest BCUT2D eigenvalue weighted by Crippen LogP contribution is 2.33. The van der Waals surface area contributed by atoms with E-state index in [2.05, 4.69) is 36.2 Å². The zero-order valence-corrected chi connectivity index (χ0v) is 11.6. The number of rotatable bonds is 2. The normalized spacial score (nSPS) is 11.8. The van der Waals surface area contributed by atoms with Crippen molar-refractivity contribution < 1.29 is 0 Å². The summed E-state index contributed by atoms with van der Waals surface area (Å²) in [4.78, 5) is 5.78. The molecule has 2 N–H and O–H groups in total. The maximum absolute atomic E-state index is 6.14. The number of nitrogens with two attached hydrogens (primary N) is 1. The van der Waals surface area contributed by atoms with E-state index in [1.807, 2.05) is 20.8 Å². The van der Waals surface area contributed by atoms with Gasteiger partial charge in [0, 0.05) is 16.0 Å². The summed E-state index contributed by atoms with van der Waals surface area (Å²) >= 11 is 1.69. The summed E-state index contributed by atoms with van der Waals surface area (Å²) in [5.41, 5.74) is 9.30. The van der Waals surface area contributed by atoms with Crippen LogP contribution in [-0.2, 0) is 5.54 Å². The first-order valence-electron chi connectivity index (χ1n) is 5.72. The molecule has 0 amide bonds. The van der Waals surface area contributed by atoms with Crippen molar-refractivity contribution in [2.75, 3.05) is 0 Å². The lowest BCUT2D eigenvalue weighted by molar-refractivity contribution is 0.562. The van der Waals surface area contributed by atoms with Crippen molar-refractivity contribution in [2.24, 2.45) is 5.73 Å². The molecular formula is C14H18N2S. The van der Waals surface area contributed by atoms with E-state index in [9.17, 15) is 0 Å². The zero-order chi connectivity index (χ0) is 12.6. The van der Waals surface area contributed by atoms with Crippen LogP contribution in [0.2, 0.25) is 0 Å². The number of nitrogens with zero attached hydrogens (tertiary/aromatic N) is 1. The number of hydrogen-bond acceptors (Lipinski definition) is 3. The quantitative estimate of drug-likeness (QED) is 0.879. The van der Waals surface area contributed by atoms with E-state index in [1.165, 1.54) is 11.1 Å². The molecule has 2 aromatic rings. The Labute approximate surface area is 107 Å². The van der Waals surface area contributed by atoms with Gasteiger partial charge in [-0.15, -0.1) is 11.3 Å². The van der Waals surface area contributed by atoms with Crippen molar-refractivity contribution in [1.29, 1.82) is 0 Å². The molecule has 2 nitrogen and oxygen atoms in total. The van der Waals surface area contributed by atoms with E-state index >= 15 is 0 Å². The van der Waals surface area contributed by atoms with E-state index in [0.29, 0.717) is 0 Å². The van der Waals surface area contributed by atoms with E-state index in [4.69, 9.17) is 5.73 Å². The maximum atomic E-state index is 6.14. The molecule has 0 aliphatic rings. The second kappa shape index (κ2) is 4.24. The fourth-order valence-electron chi connectivity index (χ4n) is 1.81. The fraction of sp³-hybridized carbons (Fsp3) is 0.357. The molecule has 1 aromatic heterocycles. The summed E-state index contributed by atoms with van der Waals surface area (Å²) in [6.45, 7) is 8.16. The third-order valence-corrected chi connectivity index (χ3v) is 4.23. The molecule has 17 heavy (non-hydrogen) atoms. The van der Waals surface area contributed by atoms with Crippen molar-refractivity contribution in [2.45, 2.75) is 33.2 Å². The Bertz CT molecular complexity index is 518. The Morgan fingerprint density at radius 1 is 1.12 bits per heavy atom. The van der Waals surface area contributed by atoms with Crippen LogP contribution in [0.15, 0.2) is 24.3 Å². The van der Waals surface area contributed by atoms with Gasteiger partial charge in [-0.2, -0.15) is 0 Å². The molecule has 0 fully saturated rings. The Hall–Kier alpha value is -1.19. The number of aromatic nitrogens is 1. The summed E-state index contributed by atoms with van der Waals surface area (Å²) in [7, 11) is 0. The van der Waals surface area contributed by atoms with E-state index in [-0.39, 0.29) is 5.54 Å². The summed E-state index contributed by atoms with van der Waals surface area (Å²) in [6.07, 6.45) is 0. The summed E-state index contributed by atoms with van der Waals surface area (Å²) in [6, 6.07) is 8.44. The average molecular weight is 246 g/mol. The standard InChI is InChI=1S/C14H18N2S/c1-9-5-7-11(8-6-9)13-16-10(2)12(17-13)14(3,4)15/h5-8H,15H2,1-4H3. The highest BCUT2D eigenvalue weighted by molar-refractivity contribution is 7.15. The first-order valence-corrected chi connectivity index (χ1v) is 6.53. The minimum absolute atomic E-state index is 0.315. The Balaban J connectivity index is 2.45. The Kier molecular flexibility index (Phi) is 3.06. The molecule has 1 heterocycles. The van der Waals surface area contributed by atoms with Crippen LogP contribution in [0.3, 0.4) is 0 Å². The van der Waals surface area contributed by atoms with Crippen molar-refractivity contribution >= 4 is 11.3 Å². The zero-order valence-electron chi connectivity index (χ0n) is 10.7. The van der Waals surface area contributed by atoms with E-state index < -0.39 is 0 Å². The lowest BCUT2D eigenvalue weighted by Gasteiger charge is -2.16. The van der Waals surface area contributed by atoms with Gasteiger partial charge in [0.05, 0.1) is 5.69 Å². The van der Waals surface area contributed by atoms with Gasteiger partial charge in [0.1, 0.15) is 5.01 Å². The van der Waals surface area contributed by atoms with Crippen LogP contribution in [0, 0.1) is 13.8 Å². The van der Waals surface area contributed by atoms with Crippen LogP contribution in [0.5, 0.6) is 0 Å². The highest BCUT2D eigenvalue weighted by Gasteiger charge is 2.21. The van der Waals surface area contributed by atoms with Gasteiger partial charge in [-0.3, -0.25) is 0 Å². The molecule has 0 radical (unpaired) electrons. The average Bonchev–Trinajstić information content (AvgIpc) is 2.61. The van der Waals surface area contributed by atoms with Crippen LogP contribution >= 0.6 is 11.3 Å². The number of hydrogen-bond donors (Lipinski definition) is 1. The second-order valence-corrected chi connectivity index (χ2v) is 6.02.